The Labute approximate surface area is 132 Å². The summed E-state index contributed by atoms with van der Waals surface area (Å²) in [7, 11) is -1.33. The summed E-state index contributed by atoms with van der Waals surface area (Å²) in [6.45, 7) is 1.97. The molecule has 5 nitrogen and oxygen atoms in total. The second-order valence-corrected chi connectivity index (χ2v) is 7.36. The third kappa shape index (κ3) is 2.26. The number of aromatic nitrogens is 2. The molecule has 1 aromatic carbocycles. The zero-order valence-electron chi connectivity index (χ0n) is 11.9. The number of aryl methyl sites for hydroxylation is 1. The first-order valence-corrected chi connectivity index (χ1v) is 8.75. The highest BCUT2D eigenvalue weighted by atomic mass is 32.2. The van der Waals surface area contributed by atoms with E-state index >= 15 is 0 Å². The van der Waals surface area contributed by atoms with Crippen molar-refractivity contribution in [1.82, 2.24) is 9.55 Å². The summed E-state index contributed by atoms with van der Waals surface area (Å²) in [5.41, 5.74) is 2.10. The number of fused-ring (bicyclic) bond motifs is 1. The lowest BCUT2D eigenvalue weighted by Gasteiger charge is -2.05. The molecular weight excluding hydrogens is 318 g/mol. The van der Waals surface area contributed by atoms with Gasteiger partial charge in [0.25, 0.3) is 5.56 Å². The zero-order chi connectivity index (χ0) is 15.9. The fourth-order valence-electron chi connectivity index (χ4n) is 2.14. The van der Waals surface area contributed by atoms with Crippen LogP contribution in [0.3, 0.4) is 0 Å². The average molecular weight is 329 g/mol. The maximum absolute atomic E-state index is 12.6. The van der Waals surface area contributed by atoms with Crippen LogP contribution in [0.4, 0.5) is 0 Å². The van der Waals surface area contributed by atoms with Crippen molar-refractivity contribution in [3.63, 3.8) is 0 Å². The number of hydrogen-bond acceptors (Lipinski definition) is 5. The van der Waals surface area contributed by atoms with Gasteiger partial charge in [-0.25, -0.2) is 4.98 Å². The Morgan fingerprint density at radius 2 is 2.00 bits per heavy atom. The molecule has 2 heterocycles. The highest BCUT2D eigenvalue weighted by molar-refractivity contribution is 7.86. The lowest BCUT2D eigenvalue weighted by atomic mass is 10.2. The third-order valence-electron chi connectivity index (χ3n) is 3.25. The van der Waals surface area contributed by atoms with Crippen LogP contribution in [-0.2, 0) is 10.8 Å². The number of nitriles is 1. The predicted molar refractivity (Wildman–Crippen MR) is 87.0 cm³/mol. The van der Waals surface area contributed by atoms with Gasteiger partial charge in [0.05, 0.1) is 16.5 Å². The van der Waals surface area contributed by atoms with Crippen molar-refractivity contribution >= 4 is 32.4 Å². The first-order chi connectivity index (χ1) is 10.5. The van der Waals surface area contributed by atoms with Crippen LogP contribution in [0.5, 0.6) is 0 Å². The number of benzene rings is 1. The minimum Gasteiger partial charge on any atom is -0.267 e. The fraction of sp³-hybridized carbons (Fsp3) is 0.133. The molecule has 0 N–H and O–H groups in total. The minimum absolute atomic E-state index is 0.231. The van der Waals surface area contributed by atoms with Crippen molar-refractivity contribution in [2.45, 2.75) is 11.1 Å². The van der Waals surface area contributed by atoms with Crippen molar-refractivity contribution in [2.24, 2.45) is 0 Å². The van der Waals surface area contributed by atoms with E-state index in [0.29, 0.717) is 20.1 Å². The van der Waals surface area contributed by atoms with Crippen molar-refractivity contribution in [3.05, 3.63) is 52.1 Å². The number of nitrogens with zero attached hydrogens (tertiary/aromatic N) is 3. The topological polar surface area (TPSA) is 75.8 Å². The normalized spacial score (nSPS) is 12.2. The van der Waals surface area contributed by atoms with E-state index in [2.05, 4.69) is 4.98 Å². The molecule has 0 aliphatic carbocycles. The second kappa shape index (κ2) is 5.48. The van der Waals surface area contributed by atoms with Gasteiger partial charge in [0.15, 0.2) is 0 Å². The Kier molecular flexibility index (Phi) is 3.64. The maximum atomic E-state index is 12.6. The van der Waals surface area contributed by atoms with Crippen LogP contribution in [0.1, 0.15) is 11.1 Å². The highest BCUT2D eigenvalue weighted by Gasteiger charge is 2.19. The van der Waals surface area contributed by atoms with Crippen molar-refractivity contribution in [2.75, 3.05) is 6.26 Å². The molecule has 0 radical (unpaired) electrons. The summed E-state index contributed by atoms with van der Waals surface area (Å²) in [5.74, 6) is 0. The van der Waals surface area contributed by atoms with E-state index in [1.807, 2.05) is 37.3 Å². The molecule has 0 aliphatic rings. The Balaban J connectivity index is 2.31. The van der Waals surface area contributed by atoms with Crippen LogP contribution >= 0.6 is 11.3 Å². The molecule has 0 bridgehead atoms. The average Bonchev–Trinajstić information content (AvgIpc) is 2.88. The summed E-state index contributed by atoms with van der Waals surface area (Å²) in [6.07, 6.45) is 2.90. The lowest BCUT2D eigenvalue weighted by Crippen LogP contribution is -2.17. The van der Waals surface area contributed by atoms with E-state index in [1.54, 1.807) is 0 Å². The number of thiophene rings is 1. The molecule has 2 aromatic heterocycles. The SMILES string of the molecule is Cc1ccc(-n2cnc3c(C#N)c(S(C)=O)sc3c2=O)cc1. The molecule has 0 aliphatic heterocycles. The van der Waals surface area contributed by atoms with Crippen molar-refractivity contribution in [1.29, 1.82) is 5.26 Å². The van der Waals surface area contributed by atoms with E-state index in [9.17, 15) is 14.3 Å². The predicted octanol–water partition coefficient (Wildman–Crippen LogP) is 2.36. The smallest absolute Gasteiger partial charge is 0.267 e. The van der Waals surface area contributed by atoms with Gasteiger partial charge < -0.3 is 0 Å². The minimum atomic E-state index is -1.33. The zero-order valence-corrected chi connectivity index (χ0v) is 13.5. The molecule has 1 atom stereocenters. The Morgan fingerprint density at radius 1 is 1.32 bits per heavy atom. The second-order valence-electron chi connectivity index (χ2n) is 4.76. The van der Waals surface area contributed by atoms with Gasteiger partial charge in [0, 0.05) is 6.26 Å². The van der Waals surface area contributed by atoms with E-state index in [-0.39, 0.29) is 11.1 Å². The maximum Gasteiger partial charge on any atom is 0.275 e. The van der Waals surface area contributed by atoms with Gasteiger partial charge in [-0.05, 0) is 19.1 Å². The van der Waals surface area contributed by atoms with Crippen LogP contribution in [-0.4, -0.2) is 20.0 Å². The first-order valence-electron chi connectivity index (χ1n) is 6.37. The fourth-order valence-corrected chi connectivity index (χ4v) is 4.15. The van der Waals surface area contributed by atoms with Crippen LogP contribution in [0.2, 0.25) is 0 Å². The third-order valence-corrected chi connectivity index (χ3v) is 5.89. The molecule has 0 saturated carbocycles. The molecule has 3 rings (SSSR count). The molecule has 110 valence electrons. The monoisotopic (exact) mass is 329 g/mol. The Morgan fingerprint density at radius 3 is 2.59 bits per heavy atom. The summed E-state index contributed by atoms with van der Waals surface area (Å²) in [6, 6.07) is 9.49. The highest BCUT2D eigenvalue weighted by Crippen LogP contribution is 2.29. The van der Waals surface area contributed by atoms with Crippen molar-refractivity contribution < 1.29 is 4.21 Å². The van der Waals surface area contributed by atoms with Crippen LogP contribution < -0.4 is 5.56 Å². The summed E-state index contributed by atoms with van der Waals surface area (Å²) >= 11 is 1.08. The van der Waals surface area contributed by atoms with Crippen LogP contribution in [0, 0.1) is 18.3 Å². The number of hydrogen-bond donors (Lipinski definition) is 0. The van der Waals surface area contributed by atoms with E-state index < -0.39 is 10.8 Å². The van der Waals surface area contributed by atoms with E-state index in [1.165, 1.54) is 17.2 Å². The quantitative estimate of drug-likeness (QED) is 0.723. The van der Waals surface area contributed by atoms with E-state index in [4.69, 9.17) is 0 Å². The molecule has 7 heteroatoms. The molecule has 0 fully saturated rings. The van der Waals surface area contributed by atoms with E-state index in [0.717, 1.165) is 16.9 Å². The van der Waals surface area contributed by atoms with Crippen molar-refractivity contribution in [3.8, 4) is 11.8 Å². The van der Waals surface area contributed by atoms with Gasteiger partial charge in [-0.2, -0.15) is 5.26 Å². The molecule has 0 amide bonds. The molecule has 0 saturated heterocycles. The summed E-state index contributed by atoms with van der Waals surface area (Å²) in [4.78, 5) is 16.9. The molecule has 22 heavy (non-hydrogen) atoms. The molecule has 1 unspecified atom stereocenters. The van der Waals surface area contributed by atoms with Gasteiger partial charge in [0.1, 0.15) is 32.4 Å². The van der Waals surface area contributed by atoms with Gasteiger partial charge in [-0.1, -0.05) is 17.7 Å². The van der Waals surface area contributed by atoms with Crippen LogP contribution in [0.15, 0.2) is 39.6 Å². The molecule has 3 aromatic rings. The van der Waals surface area contributed by atoms with Gasteiger partial charge in [0.2, 0.25) is 0 Å². The largest absolute Gasteiger partial charge is 0.275 e. The van der Waals surface area contributed by atoms with Gasteiger partial charge >= 0.3 is 0 Å². The van der Waals surface area contributed by atoms with Crippen LogP contribution in [0.25, 0.3) is 15.9 Å². The Bertz CT molecular complexity index is 995. The van der Waals surface area contributed by atoms with Gasteiger partial charge in [-0.3, -0.25) is 13.6 Å². The van der Waals surface area contributed by atoms with Gasteiger partial charge in [-0.15, -0.1) is 11.3 Å². The first kappa shape index (κ1) is 14.6. The summed E-state index contributed by atoms with van der Waals surface area (Å²) < 4.78 is 13.9. The molecular formula is C15H11N3O2S2. The Hall–Kier alpha value is -2.30. The lowest BCUT2D eigenvalue weighted by molar-refractivity contribution is 0.688. The number of rotatable bonds is 2. The standard InChI is InChI=1S/C15H11N3O2S2/c1-9-3-5-10(6-4-9)18-8-17-12-11(7-16)15(22(2)20)21-13(12)14(18)19/h3-6,8H,1-2H3. The molecule has 0 spiro atoms. The summed E-state index contributed by atoms with van der Waals surface area (Å²) in [5, 5.41) is 9.24.